The number of rotatable bonds is 6. The zero-order valence-corrected chi connectivity index (χ0v) is 18.1. The molecular formula is C22H27N3O5S. The summed E-state index contributed by atoms with van der Waals surface area (Å²) in [7, 11) is -3.51. The summed E-state index contributed by atoms with van der Waals surface area (Å²) >= 11 is 0. The van der Waals surface area contributed by atoms with Crippen LogP contribution in [0.15, 0.2) is 53.4 Å². The van der Waals surface area contributed by atoms with E-state index in [1.807, 2.05) is 24.3 Å². The van der Waals surface area contributed by atoms with E-state index in [-0.39, 0.29) is 17.3 Å². The predicted molar refractivity (Wildman–Crippen MR) is 115 cm³/mol. The number of nitrogens with zero attached hydrogens (tertiary/aromatic N) is 2. The maximum absolute atomic E-state index is 12.7. The molecule has 2 aromatic carbocycles. The zero-order valence-electron chi connectivity index (χ0n) is 17.3. The molecule has 0 radical (unpaired) electrons. The van der Waals surface area contributed by atoms with Gasteiger partial charge >= 0.3 is 0 Å². The number of hydrogen-bond acceptors (Lipinski definition) is 6. The Balaban J connectivity index is 1.29. The van der Waals surface area contributed by atoms with Crippen LogP contribution in [0.5, 0.6) is 5.75 Å². The van der Waals surface area contributed by atoms with Crippen LogP contribution in [-0.2, 0) is 32.6 Å². The number of morpholine rings is 1. The third kappa shape index (κ3) is 5.43. The standard InChI is InChI=1S/C22H27N3O5S/c26-22(17-24-9-14-30-21-4-2-1-3-19(21)16-24)23-15-18-5-7-20(8-6-18)31(27,28)25-10-12-29-13-11-25/h1-8H,9-17H2,(H,23,26). The first-order valence-corrected chi connectivity index (χ1v) is 11.8. The third-order valence-electron chi connectivity index (χ3n) is 5.42. The van der Waals surface area contributed by atoms with Gasteiger partial charge in [-0.2, -0.15) is 4.31 Å². The van der Waals surface area contributed by atoms with Gasteiger partial charge in [0.1, 0.15) is 12.4 Å². The van der Waals surface area contributed by atoms with Crippen molar-refractivity contribution in [1.82, 2.24) is 14.5 Å². The van der Waals surface area contributed by atoms with E-state index < -0.39 is 10.0 Å². The fourth-order valence-corrected chi connectivity index (χ4v) is 5.10. The minimum Gasteiger partial charge on any atom is -0.492 e. The highest BCUT2D eigenvalue weighted by molar-refractivity contribution is 7.89. The molecule has 1 fully saturated rings. The average Bonchev–Trinajstić information content (AvgIpc) is 3.00. The van der Waals surface area contributed by atoms with E-state index in [9.17, 15) is 13.2 Å². The summed E-state index contributed by atoms with van der Waals surface area (Å²) in [6.45, 7) is 4.07. The summed E-state index contributed by atoms with van der Waals surface area (Å²) in [5.41, 5.74) is 1.92. The molecule has 0 saturated carbocycles. The summed E-state index contributed by atoms with van der Waals surface area (Å²) in [6.07, 6.45) is 0. The van der Waals surface area contributed by atoms with Gasteiger partial charge in [0.05, 0.1) is 24.7 Å². The van der Waals surface area contributed by atoms with Crippen molar-refractivity contribution in [2.24, 2.45) is 0 Å². The number of nitrogens with one attached hydrogen (secondary N) is 1. The zero-order chi connectivity index (χ0) is 21.7. The number of amides is 1. The van der Waals surface area contributed by atoms with Gasteiger partial charge in [0.2, 0.25) is 15.9 Å². The second-order valence-corrected chi connectivity index (χ2v) is 9.54. The molecule has 2 aliphatic heterocycles. The SMILES string of the molecule is O=C(CN1CCOc2ccccc2C1)NCc1ccc(S(=O)(=O)N2CCOCC2)cc1. The molecule has 166 valence electrons. The quantitative estimate of drug-likeness (QED) is 0.719. The van der Waals surface area contributed by atoms with Crippen LogP contribution in [0, 0.1) is 0 Å². The predicted octanol–water partition coefficient (Wildman–Crippen LogP) is 1.22. The highest BCUT2D eigenvalue weighted by atomic mass is 32.2. The number of sulfonamides is 1. The van der Waals surface area contributed by atoms with Gasteiger partial charge in [-0.05, 0) is 23.8 Å². The molecule has 2 aromatic rings. The second-order valence-electron chi connectivity index (χ2n) is 7.60. The van der Waals surface area contributed by atoms with Gasteiger partial charge in [-0.1, -0.05) is 30.3 Å². The summed E-state index contributed by atoms with van der Waals surface area (Å²) in [5, 5.41) is 2.91. The summed E-state index contributed by atoms with van der Waals surface area (Å²) in [6, 6.07) is 14.5. The number of para-hydroxylation sites is 1. The van der Waals surface area contributed by atoms with Gasteiger partial charge in [0, 0.05) is 38.3 Å². The van der Waals surface area contributed by atoms with E-state index in [1.165, 1.54) is 4.31 Å². The number of hydrogen-bond donors (Lipinski definition) is 1. The lowest BCUT2D eigenvalue weighted by Crippen LogP contribution is -2.40. The molecule has 2 aliphatic rings. The van der Waals surface area contributed by atoms with Crippen LogP contribution < -0.4 is 10.1 Å². The monoisotopic (exact) mass is 445 g/mol. The minimum absolute atomic E-state index is 0.0793. The number of benzene rings is 2. The molecule has 2 heterocycles. The minimum atomic E-state index is -3.51. The Labute approximate surface area is 182 Å². The Morgan fingerprint density at radius 2 is 1.71 bits per heavy atom. The average molecular weight is 446 g/mol. The molecule has 0 spiro atoms. The maximum atomic E-state index is 12.7. The number of ether oxygens (including phenoxy) is 2. The molecule has 1 saturated heterocycles. The van der Waals surface area contributed by atoms with Gasteiger partial charge in [0.25, 0.3) is 0 Å². The largest absolute Gasteiger partial charge is 0.492 e. The smallest absolute Gasteiger partial charge is 0.243 e. The molecule has 0 aromatic heterocycles. The highest BCUT2D eigenvalue weighted by Gasteiger charge is 2.26. The van der Waals surface area contributed by atoms with Gasteiger partial charge in [-0.3, -0.25) is 9.69 Å². The van der Waals surface area contributed by atoms with Gasteiger partial charge in [-0.15, -0.1) is 0 Å². The van der Waals surface area contributed by atoms with E-state index >= 15 is 0 Å². The van der Waals surface area contributed by atoms with Crippen molar-refractivity contribution in [2.45, 2.75) is 18.0 Å². The fourth-order valence-electron chi connectivity index (χ4n) is 3.69. The normalized spacial score (nSPS) is 17.9. The first kappa shape index (κ1) is 21.8. The third-order valence-corrected chi connectivity index (χ3v) is 7.33. The molecule has 0 bridgehead atoms. The van der Waals surface area contributed by atoms with Crippen LogP contribution in [-0.4, -0.2) is 69.5 Å². The Bertz CT molecular complexity index is 1000. The number of carbonyl (C=O) groups is 1. The molecule has 9 heteroatoms. The molecule has 0 unspecified atom stereocenters. The molecule has 0 atom stereocenters. The lowest BCUT2D eigenvalue weighted by molar-refractivity contribution is -0.122. The Kier molecular flexibility index (Phi) is 6.86. The van der Waals surface area contributed by atoms with Crippen molar-refractivity contribution >= 4 is 15.9 Å². The van der Waals surface area contributed by atoms with Crippen molar-refractivity contribution in [3.63, 3.8) is 0 Å². The van der Waals surface area contributed by atoms with Crippen LogP contribution in [0.3, 0.4) is 0 Å². The van der Waals surface area contributed by atoms with Crippen molar-refractivity contribution in [1.29, 1.82) is 0 Å². The Hall–Kier alpha value is -2.46. The van der Waals surface area contributed by atoms with Crippen LogP contribution >= 0.6 is 0 Å². The Morgan fingerprint density at radius 1 is 0.968 bits per heavy atom. The van der Waals surface area contributed by atoms with E-state index in [0.29, 0.717) is 52.5 Å². The molecule has 4 rings (SSSR count). The molecular weight excluding hydrogens is 418 g/mol. The first-order valence-electron chi connectivity index (χ1n) is 10.4. The molecule has 8 nitrogen and oxygen atoms in total. The van der Waals surface area contributed by atoms with Gasteiger partial charge in [-0.25, -0.2) is 8.42 Å². The maximum Gasteiger partial charge on any atom is 0.243 e. The van der Waals surface area contributed by atoms with E-state index in [2.05, 4.69) is 10.2 Å². The number of fused-ring (bicyclic) bond motifs is 1. The lowest BCUT2D eigenvalue weighted by atomic mass is 10.2. The second kappa shape index (κ2) is 9.78. The van der Waals surface area contributed by atoms with Gasteiger partial charge < -0.3 is 14.8 Å². The molecule has 1 N–H and O–H groups in total. The molecule has 31 heavy (non-hydrogen) atoms. The van der Waals surface area contributed by atoms with Crippen molar-refractivity contribution < 1.29 is 22.7 Å². The van der Waals surface area contributed by atoms with E-state index in [1.54, 1.807) is 24.3 Å². The van der Waals surface area contributed by atoms with Crippen LogP contribution in [0.2, 0.25) is 0 Å². The fraction of sp³-hybridized carbons (Fsp3) is 0.409. The topological polar surface area (TPSA) is 88.2 Å². The van der Waals surface area contributed by atoms with Gasteiger partial charge in [0.15, 0.2) is 0 Å². The summed E-state index contributed by atoms with van der Waals surface area (Å²) in [4.78, 5) is 14.7. The highest BCUT2D eigenvalue weighted by Crippen LogP contribution is 2.22. The van der Waals surface area contributed by atoms with Crippen LogP contribution in [0.4, 0.5) is 0 Å². The van der Waals surface area contributed by atoms with Crippen molar-refractivity contribution in [3.8, 4) is 5.75 Å². The summed E-state index contributed by atoms with van der Waals surface area (Å²) < 4.78 is 37.8. The van der Waals surface area contributed by atoms with Crippen LogP contribution in [0.1, 0.15) is 11.1 Å². The van der Waals surface area contributed by atoms with Crippen LogP contribution in [0.25, 0.3) is 0 Å². The van der Waals surface area contributed by atoms with E-state index in [4.69, 9.17) is 9.47 Å². The molecule has 0 aliphatic carbocycles. The number of carbonyl (C=O) groups excluding carboxylic acids is 1. The van der Waals surface area contributed by atoms with Crippen molar-refractivity contribution in [2.75, 3.05) is 46.0 Å². The van der Waals surface area contributed by atoms with E-state index in [0.717, 1.165) is 16.9 Å². The Morgan fingerprint density at radius 3 is 2.48 bits per heavy atom. The lowest BCUT2D eigenvalue weighted by Gasteiger charge is -2.26. The van der Waals surface area contributed by atoms with Crippen molar-refractivity contribution in [3.05, 3.63) is 59.7 Å². The first-order chi connectivity index (χ1) is 15.0. The summed E-state index contributed by atoms with van der Waals surface area (Å²) in [5.74, 6) is 0.793. The molecule has 1 amide bonds.